The number of amides is 2. The van der Waals surface area contributed by atoms with Gasteiger partial charge in [-0.2, -0.15) is 0 Å². The van der Waals surface area contributed by atoms with Crippen LogP contribution in [0.25, 0.3) is 0 Å². The summed E-state index contributed by atoms with van der Waals surface area (Å²) in [6.45, 7) is 2.09. The van der Waals surface area contributed by atoms with Gasteiger partial charge in [0, 0.05) is 6.04 Å². The molecule has 2 atom stereocenters. The molecule has 4 nitrogen and oxygen atoms in total. The Kier molecular flexibility index (Phi) is 3.28. The van der Waals surface area contributed by atoms with E-state index in [1.165, 1.54) is 6.42 Å². The smallest absolute Gasteiger partial charge is 0.309 e. The second-order valence-corrected chi connectivity index (χ2v) is 3.71. The number of carbonyl (C=O) groups excluding carboxylic acids is 2. The zero-order valence-electron chi connectivity index (χ0n) is 7.88. The average molecular weight is 184 g/mol. The molecular formula is C9H16N2O2. The van der Waals surface area contributed by atoms with Crippen LogP contribution in [0.5, 0.6) is 0 Å². The number of nitrogens with two attached hydrogens (primary N) is 1. The molecule has 0 aromatic heterocycles. The van der Waals surface area contributed by atoms with Gasteiger partial charge in [-0.3, -0.25) is 9.59 Å². The molecule has 0 saturated heterocycles. The zero-order valence-corrected chi connectivity index (χ0v) is 7.88. The van der Waals surface area contributed by atoms with Crippen molar-refractivity contribution in [3.8, 4) is 0 Å². The van der Waals surface area contributed by atoms with Crippen LogP contribution in [0.3, 0.4) is 0 Å². The minimum absolute atomic E-state index is 0.133. The molecule has 0 aromatic rings. The van der Waals surface area contributed by atoms with E-state index in [-0.39, 0.29) is 6.04 Å². The molecule has 1 rings (SSSR count). The lowest BCUT2D eigenvalue weighted by molar-refractivity contribution is -0.138. The van der Waals surface area contributed by atoms with Crippen molar-refractivity contribution >= 4 is 11.8 Å². The van der Waals surface area contributed by atoms with Crippen LogP contribution < -0.4 is 11.1 Å². The maximum atomic E-state index is 11.0. The van der Waals surface area contributed by atoms with Gasteiger partial charge in [-0.15, -0.1) is 0 Å². The van der Waals surface area contributed by atoms with Crippen molar-refractivity contribution in [1.82, 2.24) is 5.32 Å². The largest absolute Gasteiger partial charge is 0.361 e. The van der Waals surface area contributed by atoms with Crippen molar-refractivity contribution in [2.45, 2.75) is 38.6 Å². The molecule has 1 fully saturated rings. The third kappa shape index (κ3) is 2.72. The van der Waals surface area contributed by atoms with Crippen LogP contribution in [0, 0.1) is 5.92 Å². The molecule has 0 heterocycles. The van der Waals surface area contributed by atoms with Crippen molar-refractivity contribution in [3.05, 3.63) is 0 Å². The molecule has 3 N–H and O–H groups in total. The summed E-state index contributed by atoms with van der Waals surface area (Å²) in [4.78, 5) is 21.5. The highest BCUT2D eigenvalue weighted by atomic mass is 16.2. The van der Waals surface area contributed by atoms with E-state index in [4.69, 9.17) is 5.73 Å². The first-order valence-electron chi connectivity index (χ1n) is 4.71. The van der Waals surface area contributed by atoms with Gasteiger partial charge in [-0.05, 0) is 18.8 Å². The van der Waals surface area contributed by atoms with Crippen LogP contribution in [0.2, 0.25) is 0 Å². The molecule has 13 heavy (non-hydrogen) atoms. The first kappa shape index (κ1) is 10.0. The Bertz CT molecular complexity index is 216. The highest BCUT2D eigenvalue weighted by molar-refractivity contribution is 6.34. The number of primary amides is 1. The molecule has 0 aliphatic heterocycles. The van der Waals surface area contributed by atoms with Crippen molar-refractivity contribution in [2.24, 2.45) is 11.7 Å². The second-order valence-electron chi connectivity index (χ2n) is 3.71. The predicted octanol–water partition coefficient (Wildman–Crippen LogP) is 0.167. The Morgan fingerprint density at radius 1 is 1.31 bits per heavy atom. The zero-order chi connectivity index (χ0) is 9.84. The van der Waals surface area contributed by atoms with Crippen LogP contribution in [-0.4, -0.2) is 17.9 Å². The number of rotatable bonds is 1. The Labute approximate surface area is 77.9 Å². The summed E-state index contributed by atoms with van der Waals surface area (Å²) in [5, 5.41) is 2.65. The van der Waals surface area contributed by atoms with E-state index in [1.807, 2.05) is 0 Å². The normalized spacial score (nSPS) is 28.1. The van der Waals surface area contributed by atoms with Crippen LogP contribution in [0.15, 0.2) is 0 Å². The molecule has 1 saturated carbocycles. The quantitative estimate of drug-likeness (QED) is 0.570. The summed E-state index contributed by atoms with van der Waals surface area (Å²) >= 11 is 0. The van der Waals surface area contributed by atoms with E-state index in [9.17, 15) is 9.59 Å². The van der Waals surface area contributed by atoms with Gasteiger partial charge in [-0.1, -0.05) is 19.8 Å². The van der Waals surface area contributed by atoms with Gasteiger partial charge in [0.25, 0.3) is 0 Å². The minimum Gasteiger partial charge on any atom is -0.361 e. The molecular weight excluding hydrogens is 168 g/mol. The van der Waals surface area contributed by atoms with Crippen molar-refractivity contribution in [1.29, 1.82) is 0 Å². The van der Waals surface area contributed by atoms with E-state index >= 15 is 0 Å². The minimum atomic E-state index is -0.891. The monoisotopic (exact) mass is 184 g/mol. The topological polar surface area (TPSA) is 72.2 Å². The molecule has 74 valence electrons. The van der Waals surface area contributed by atoms with Crippen molar-refractivity contribution in [2.75, 3.05) is 0 Å². The highest BCUT2D eigenvalue weighted by Gasteiger charge is 2.24. The summed E-state index contributed by atoms with van der Waals surface area (Å²) < 4.78 is 0. The van der Waals surface area contributed by atoms with E-state index in [0.717, 1.165) is 19.3 Å². The summed E-state index contributed by atoms with van der Waals surface area (Å²) in [7, 11) is 0. The Balaban J connectivity index is 2.42. The lowest BCUT2D eigenvalue weighted by atomic mass is 9.86. The molecule has 2 amide bonds. The van der Waals surface area contributed by atoms with Gasteiger partial charge in [0.05, 0.1) is 0 Å². The Morgan fingerprint density at radius 3 is 2.46 bits per heavy atom. The van der Waals surface area contributed by atoms with Gasteiger partial charge in [0.1, 0.15) is 0 Å². The fourth-order valence-corrected chi connectivity index (χ4v) is 1.77. The van der Waals surface area contributed by atoms with Crippen molar-refractivity contribution < 1.29 is 9.59 Å². The van der Waals surface area contributed by atoms with Crippen LogP contribution in [0.1, 0.15) is 32.6 Å². The Morgan fingerprint density at radius 2 is 1.92 bits per heavy atom. The maximum absolute atomic E-state index is 11.0. The van der Waals surface area contributed by atoms with E-state index in [0.29, 0.717) is 5.92 Å². The SMILES string of the molecule is CC1CCCCC1NC(=O)C(N)=O. The number of carbonyl (C=O) groups is 2. The third-order valence-corrected chi connectivity index (χ3v) is 2.65. The van der Waals surface area contributed by atoms with Crippen LogP contribution >= 0.6 is 0 Å². The second kappa shape index (κ2) is 4.25. The summed E-state index contributed by atoms with van der Waals surface area (Å²) in [6, 6.07) is 0.133. The number of nitrogens with one attached hydrogen (secondary N) is 1. The lowest BCUT2D eigenvalue weighted by Gasteiger charge is -2.28. The standard InChI is InChI=1S/C9H16N2O2/c1-6-4-2-3-5-7(6)11-9(13)8(10)12/h6-7H,2-5H2,1H3,(H2,10,12)(H,11,13). The molecule has 0 radical (unpaired) electrons. The van der Waals surface area contributed by atoms with E-state index in [1.54, 1.807) is 0 Å². The fourth-order valence-electron chi connectivity index (χ4n) is 1.77. The summed E-state index contributed by atoms with van der Waals surface area (Å²) in [6.07, 6.45) is 4.40. The third-order valence-electron chi connectivity index (χ3n) is 2.65. The van der Waals surface area contributed by atoms with Crippen LogP contribution in [0.4, 0.5) is 0 Å². The van der Waals surface area contributed by atoms with Gasteiger partial charge in [0.15, 0.2) is 0 Å². The van der Waals surface area contributed by atoms with Gasteiger partial charge < -0.3 is 11.1 Å². The molecule has 0 spiro atoms. The Hall–Kier alpha value is -1.06. The van der Waals surface area contributed by atoms with Crippen molar-refractivity contribution in [3.63, 3.8) is 0 Å². The number of hydrogen-bond acceptors (Lipinski definition) is 2. The molecule has 0 bridgehead atoms. The van der Waals surface area contributed by atoms with Gasteiger partial charge in [0.2, 0.25) is 0 Å². The van der Waals surface area contributed by atoms with Gasteiger partial charge in [-0.25, -0.2) is 0 Å². The fraction of sp³-hybridized carbons (Fsp3) is 0.778. The maximum Gasteiger partial charge on any atom is 0.309 e. The van der Waals surface area contributed by atoms with E-state index < -0.39 is 11.8 Å². The first-order chi connectivity index (χ1) is 6.11. The molecule has 1 aliphatic carbocycles. The summed E-state index contributed by atoms with van der Waals surface area (Å²) in [5.74, 6) is -1.09. The average Bonchev–Trinajstić information content (AvgIpc) is 2.08. The molecule has 1 aliphatic rings. The molecule has 2 unspecified atom stereocenters. The van der Waals surface area contributed by atoms with Gasteiger partial charge >= 0.3 is 11.8 Å². The molecule has 0 aromatic carbocycles. The van der Waals surface area contributed by atoms with Crippen LogP contribution in [-0.2, 0) is 9.59 Å². The predicted molar refractivity (Wildman–Crippen MR) is 48.8 cm³/mol. The molecule has 4 heteroatoms. The number of hydrogen-bond donors (Lipinski definition) is 2. The highest BCUT2D eigenvalue weighted by Crippen LogP contribution is 2.23. The van der Waals surface area contributed by atoms with E-state index in [2.05, 4.69) is 12.2 Å². The first-order valence-corrected chi connectivity index (χ1v) is 4.71. The lowest BCUT2D eigenvalue weighted by Crippen LogP contribution is -2.46. The summed E-state index contributed by atoms with van der Waals surface area (Å²) in [5.41, 5.74) is 4.85.